The van der Waals surface area contributed by atoms with E-state index >= 15 is 0 Å². The molecule has 1 N–H and O–H groups in total. The number of nitrogens with zero attached hydrogens (tertiary/aromatic N) is 3. The summed E-state index contributed by atoms with van der Waals surface area (Å²) in [4.78, 5) is 27.2. The minimum Gasteiger partial charge on any atom is -0.274 e. The highest BCUT2D eigenvalue weighted by molar-refractivity contribution is 7.90. The number of halogens is 5. The Morgan fingerprint density at radius 3 is 2.23 bits per heavy atom. The lowest BCUT2D eigenvalue weighted by Gasteiger charge is -2.12. The molecule has 0 radical (unpaired) electrons. The summed E-state index contributed by atoms with van der Waals surface area (Å²) in [5.74, 6) is -0.364. The minimum absolute atomic E-state index is 0.0442. The van der Waals surface area contributed by atoms with Gasteiger partial charge in [-0.2, -0.15) is 17.9 Å². The Bertz CT molecular complexity index is 2040. The molecule has 2 aromatic heterocycles. The first-order chi connectivity index (χ1) is 22.8. The number of para-hydroxylation sites is 1. The molecule has 8 nitrogen and oxygen atoms in total. The van der Waals surface area contributed by atoms with Crippen LogP contribution in [-0.4, -0.2) is 34.0 Å². The van der Waals surface area contributed by atoms with Crippen LogP contribution in [0.4, 0.5) is 13.2 Å². The number of nitrogens with one attached hydrogen (secondary N) is 1. The average molecular weight is 740 g/mol. The van der Waals surface area contributed by atoms with Gasteiger partial charge in [-0.15, -0.1) is 39.6 Å². The third-order valence-electron chi connectivity index (χ3n) is 7.10. The van der Waals surface area contributed by atoms with E-state index < -0.39 is 33.4 Å². The second kappa shape index (κ2) is 16.0. The SMILES string of the molecule is CCCCc1nn(-c2ccccc2C(F)(F)F)c(=O)n1Cc1ccc(-c2ccccc2S(=O)(=O)NC(=O)c2ccc(C)s2)cc1.ClCCl. The smallest absolute Gasteiger partial charge is 0.274 e. The number of carbonyl (C=O) groups excluding carboxylic acids is 1. The maximum absolute atomic E-state index is 13.7. The van der Waals surface area contributed by atoms with Gasteiger partial charge in [-0.1, -0.05) is 67.9 Å². The molecule has 0 aliphatic rings. The number of sulfonamides is 1. The van der Waals surface area contributed by atoms with Crippen LogP contribution in [0.1, 0.15) is 51.3 Å². The minimum atomic E-state index is -4.67. The Kier molecular flexibility index (Phi) is 12.3. The molecule has 0 fully saturated rings. The van der Waals surface area contributed by atoms with E-state index in [1.807, 2.05) is 13.8 Å². The van der Waals surface area contributed by atoms with Crippen LogP contribution in [0.3, 0.4) is 0 Å². The molecule has 48 heavy (non-hydrogen) atoms. The van der Waals surface area contributed by atoms with Crippen molar-refractivity contribution >= 4 is 50.5 Å². The highest BCUT2D eigenvalue weighted by Crippen LogP contribution is 2.33. The van der Waals surface area contributed by atoms with Crippen LogP contribution in [0, 0.1) is 6.92 Å². The molecule has 0 saturated carbocycles. The van der Waals surface area contributed by atoms with Crippen LogP contribution in [0.15, 0.2) is 94.6 Å². The molecule has 0 saturated heterocycles. The Morgan fingerprint density at radius 2 is 1.60 bits per heavy atom. The van der Waals surface area contributed by atoms with Crippen LogP contribution >= 0.6 is 34.5 Å². The molecule has 5 rings (SSSR count). The number of aromatic nitrogens is 3. The van der Waals surface area contributed by atoms with E-state index in [0.29, 0.717) is 35.4 Å². The molecular weight excluding hydrogens is 708 g/mol. The van der Waals surface area contributed by atoms with Crippen molar-refractivity contribution in [3.63, 3.8) is 0 Å². The van der Waals surface area contributed by atoms with Gasteiger partial charge in [-0.3, -0.25) is 9.36 Å². The number of hydrogen-bond donors (Lipinski definition) is 1. The van der Waals surface area contributed by atoms with Crippen LogP contribution in [-0.2, 0) is 29.2 Å². The van der Waals surface area contributed by atoms with Crippen LogP contribution in [0.2, 0.25) is 0 Å². The number of rotatable bonds is 10. The summed E-state index contributed by atoms with van der Waals surface area (Å²) in [5.41, 5.74) is -0.435. The number of alkyl halides is 5. The van der Waals surface area contributed by atoms with Crippen LogP contribution in [0.5, 0.6) is 0 Å². The summed E-state index contributed by atoms with van der Waals surface area (Å²) >= 11 is 10.7. The third kappa shape index (κ3) is 8.76. The molecule has 3 aromatic carbocycles. The number of thiophene rings is 1. The van der Waals surface area contributed by atoms with Gasteiger partial charge in [0.1, 0.15) is 5.82 Å². The first-order valence-corrected chi connectivity index (χ1v) is 18.0. The van der Waals surface area contributed by atoms with Crippen molar-refractivity contribution < 1.29 is 26.4 Å². The van der Waals surface area contributed by atoms with Crippen molar-refractivity contribution in [2.45, 2.75) is 50.7 Å². The zero-order valence-electron chi connectivity index (χ0n) is 25.8. The van der Waals surface area contributed by atoms with Gasteiger partial charge < -0.3 is 0 Å². The van der Waals surface area contributed by atoms with Gasteiger partial charge in [0.25, 0.3) is 15.9 Å². The van der Waals surface area contributed by atoms with Gasteiger partial charge in [-0.25, -0.2) is 17.9 Å². The van der Waals surface area contributed by atoms with E-state index in [1.165, 1.54) is 40.2 Å². The highest BCUT2D eigenvalue weighted by Gasteiger charge is 2.35. The largest absolute Gasteiger partial charge is 0.418 e. The Balaban J connectivity index is 0.00000167. The van der Waals surface area contributed by atoms with Gasteiger partial charge in [0.2, 0.25) is 0 Å². The number of amides is 1. The lowest BCUT2D eigenvalue weighted by Crippen LogP contribution is -2.30. The molecule has 0 aliphatic heterocycles. The summed E-state index contributed by atoms with van der Waals surface area (Å²) in [6, 6.07) is 21.2. The molecule has 5 aromatic rings. The Morgan fingerprint density at radius 1 is 0.958 bits per heavy atom. The maximum atomic E-state index is 13.7. The molecule has 0 unspecified atom stereocenters. The predicted molar refractivity (Wildman–Crippen MR) is 183 cm³/mol. The maximum Gasteiger partial charge on any atom is 0.418 e. The van der Waals surface area contributed by atoms with Gasteiger partial charge in [-0.05, 0) is 54.8 Å². The number of carbonyl (C=O) groups is 1. The lowest BCUT2D eigenvalue weighted by molar-refractivity contribution is -0.137. The number of hydrogen-bond acceptors (Lipinski definition) is 6. The van der Waals surface area contributed by atoms with E-state index in [4.69, 9.17) is 23.2 Å². The standard InChI is InChI=1S/C32H29F3N4O4S2.CH2Cl2/c1-3-4-13-29-36-39(26-11-7-6-10-25(26)32(33,34)35)31(41)38(29)20-22-15-17-23(18-16-22)24-9-5-8-12-28(24)45(42,43)37-30(40)27-19-14-21(2)44-27;2-1-3/h5-12,14-19H,3-4,13,20H2,1-2H3,(H,37,40);1H2. The van der Waals surface area contributed by atoms with Crippen molar-refractivity contribution in [2.24, 2.45) is 0 Å². The van der Waals surface area contributed by atoms with E-state index in [1.54, 1.807) is 54.6 Å². The van der Waals surface area contributed by atoms with Gasteiger partial charge in [0.05, 0.1) is 32.9 Å². The fourth-order valence-corrected chi connectivity index (χ4v) is 6.89. The normalized spacial score (nSPS) is 11.6. The molecular formula is C33H31Cl2F3N4O4S2. The van der Waals surface area contributed by atoms with Gasteiger partial charge >= 0.3 is 11.9 Å². The summed E-state index contributed by atoms with van der Waals surface area (Å²) < 4.78 is 72.0. The van der Waals surface area contributed by atoms with E-state index in [-0.39, 0.29) is 27.3 Å². The third-order valence-corrected chi connectivity index (χ3v) is 9.49. The van der Waals surface area contributed by atoms with Crippen molar-refractivity contribution in [3.8, 4) is 16.8 Å². The molecule has 2 heterocycles. The summed E-state index contributed by atoms with van der Waals surface area (Å²) in [7, 11) is -4.22. The topological polar surface area (TPSA) is 103 Å². The fourth-order valence-electron chi connectivity index (χ4n) is 4.87. The highest BCUT2D eigenvalue weighted by atomic mass is 35.5. The van der Waals surface area contributed by atoms with Crippen molar-refractivity contribution in [3.05, 3.63) is 122 Å². The van der Waals surface area contributed by atoms with Crippen LogP contribution < -0.4 is 10.4 Å². The molecule has 0 bridgehead atoms. The summed E-state index contributed by atoms with van der Waals surface area (Å²) in [6.45, 7) is 3.82. The Labute approximate surface area is 289 Å². The zero-order chi connectivity index (χ0) is 35.1. The van der Waals surface area contributed by atoms with E-state index in [0.717, 1.165) is 22.0 Å². The molecule has 0 spiro atoms. The Hall–Kier alpha value is -3.91. The van der Waals surface area contributed by atoms with E-state index in [9.17, 15) is 31.2 Å². The molecule has 0 aliphatic carbocycles. The average Bonchev–Trinajstić information content (AvgIpc) is 3.63. The van der Waals surface area contributed by atoms with Gasteiger partial charge in [0.15, 0.2) is 0 Å². The van der Waals surface area contributed by atoms with Crippen LogP contribution in [0.25, 0.3) is 16.8 Å². The number of unbranched alkanes of at least 4 members (excludes halogenated alkanes) is 1. The number of benzene rings is 3. The fraction of sp³-hybridized carbons (Fsp3) is 0.242. The van der Waals surface area contributed by atoms with Crippen molar-refractivity contribution in [2.75, 3.05) is 5.34 Å². The van der Waals surface area contributed by atoms with Gasteiger partial charge in [0, 0.05) is 16.9 Å². The van der Waals surface area contributed by atoms with Crippen molar-refractivity contribution in [1.82, 2.24) is 19.1 Å². The second-order valence-corrected chi connectivity index (χ2v) is 14.2. The molecule has 0 atom stereocenters. The monoisotopic (exact) mass is 738 g/mol. The lowest BCUT2D eigenvalue weighted by atomic mass is 10.0. The van der Waals surface area contributed by atoms with E-state index in [2.05, 4.69) is 9.82 Å². The second-order valence-electron chi connectivity index (χ2n) is 10.5. The molecule has 15 heteroatoms. The first kappa shape index (κ1) is 36.9. The zero-order valence-corrected chi connectivity index (χ0v) is 28.9. The molecule has 254 valence electrons. The molecule has 1 amide bonds. The quantitative estimate of drug-likeness (QED) is 0.146. The summed E-state index contributed by atoms with van der Waals surface area (Å²) in [5, 5.41) is 4.50. The van der Waals surface area contributed by atoms with Crippen molar-refractivity contribution in [1.29, 1.82) is 0 Å². The first-order valence-electron chi connectivity index (χ1n) is 14.6. The summed E-state index contributed by atoms with van der Waals surface area (Å²) in [6.07, 6.45) is -2.80. The predicted octanol–water partition coefficient (Wildman–Crippen LogP) is 8.02. The number of aryl methyl sites for hydroxylation is 2.